The molecule has 0 bridgehead atoms. The number of fused-ring (bicyclic) bond motifs is 2. The lowest BCUT2D eigenvalue weighted by Crippen LogP contribution is -2.73. The Morgan fingerprint density at radius 3 is 2.47 bits per heavy atom. The van der Waals surface area contributed by atoms with Gasteiger partial charge in [-0.1, -0.05) is 70.0 Å². The summed E-state index contributed by atoms with van der Waals surface area (Å²) >= 11 is 0. The first-order valence-corrected chi connectivity index (χ1v) is 11.1. The normalized spacial score (nSPS) is 28.1. The second-order valence-electron chi connectivity index (χ2n) is 9.84. The number of ether oxygens (including phenoxy) is 1. The van der Waals surface area contributed by atoms with Crippen molar-refractivity contribution in [1.82, 2.24) is 10.6 Å². The van der Waals surface area contributed by atoms with Crippen molar-refractivity contribution in [2.45, 2.75) is 69.7 Å². The van der Waals surface area contributed by atoms with E-state index in [9.17, 15) is 4.79 Å². The Morgan fingerprint density at radius 2 is 1.73 bits per heavy atom. The molecule has 0 aromatic heterocycles. The highest BCUT2D eigenvalue weighted by atomic mass is 16.5. The number of benzene rings is 2. The number of hydrogen-bond acceptors (Lipinski definition) is 3. The Balaban J connectivity index is 1.64. The maximum absolute atomic E-state index is 13.3. The summed E-state index contributed by atoms with van der Waals surface area (Å²) in [6.07, 6.45) is 6.43. The first-order valence-electron chi connectivity index (χ1n) is 11.1. The third kappa shape index (κ3) is 3.24. The molecule has 1 spiro atoms. The van der Waals surface area contributed by atoms with Crippen molar-refractivity contribution in [2.24, 2.45) is 0 Å². The fraction of sp³-hybridized carbons (Fsp3) is 0.423. The topological polar surface area (TPSA) is 50.4 Å². The molecule has 1 amide bonds. The average Bonchev–Trinajstić information content (AvgIpc) is 2.74. The van der Waals surface area contributed by atoms with E-state index < -0.39 is 5.72 Å². The lowest BCUT2D eigenvalue weighted by Gasteiger charge is -2.47. The molecule has 2 fully saturated rings. The summed E-state index contributed by atoms with van der Waals surface area (Å²) in [5.74, 6) is 0.658. The molecule has 1 saturated carbocycles. The van der Waals surface area contributed by atoms with E-state index in [1.54, 1.807) is 0 Å². The van der Waals surface area contributed by atoms with Crippen molar-refractivity contribution in [3.63, 3.8) is 0 Å². The largest absolute Gasteiger partial charge is 0.459 e. The molecule has 0 radical (unpaired) electrons. The summed E-state index contributed by atoms with van der Waals surface area (Å²) in [4.78, 5) is 13.3. The van der Waals surface area contributed by atoms with Crippen molar-refractivity contribution < 1.29 is 9.53 Å². The van der Waals surface area contributed by atoms with Gasteiger partial charge in [0, 0.05) is 17.6 Å². The van der Waals surface area contributed by atoms with Gasteiger partial charge in [0.15, 0.2) is 0 Å². The van der Waals surface area contributed by atoms with E-state index in [-0.39, 0.29) is 23.4 Å². The van der Waals surface area contributed by atoms with Gasteiger partial charge >= 0.3 is 0 Å². The number of amides is 1. The molecule has 4 heteroatoms. The standard InChI is InChI=1S/C26H30N2O2/c1-25(2,3)18-13-14-23-19(15-18)20(17-9-5-4-6-10-17)16-26(30-23)24(29)27-21-11-7-8-12-22(21)28-26/h4-6,9-10,13-16,21-22,28H,7-8,11-12H2,1-3H3,(H,27,29). The fourth-order valence-corrected chi connectivity index (χ4v) is 4.91. The molecule has 3 unspecified atom stereocenters. The second-order valence-corrected chi connectivity index (χ2v) is 9.84. The molecule has 3 atom stereocenters. The van der Waals surface area contributed by atoms with Gasteiger partial charge in [0.05, 0.1) is 0 Å². The second kappa shape index (κ2) is 6.98. The van der Waals surface area contributed by atoms with Gasteiger partial charge in [-0.15, -0.1) is 0 Å². The monoisotopic (exact) mass is 402 g/mol. The van der Waals surface area contributed by atoms with E-state index in [1.165, 1.54) is 18.4 Å². The smallest absolute Gasteiger partial charge is 0.284 e. The molecule has 2 aliphatic heterocycles. The van der Waals surface area contributed by atoms with Crippen LogP contribution in [0.2, 0.25) is 0 Å². The number of rotatable bonds is 1. The lowest BCUT2D eigenvalue weighted by molar-refractivity contribution is -0.142. The summed E-state index contributed by atoms with van der Waals surface area (Å²) in [6.45, 7) is 6.64. The van der Waals surface area contributed by atoms with Crippen LogP contribution in [0.15, 0.2) is 54.6 Å². The Kier molecular flexibility index (Phi) is 4.51. The molecular formula is C26H30N2O2. The van der Waals surface area contributed by atoms with Crippen LogP contribution in [-0.4, -0.2) is 23.7 Å². The minimum Gasteiger partial charge on any atom is -0.459 e. The van der Waals surface area contributed by atoms with Crippen molar-refractivity contribution in [2.75, 3.05) is 0 Å². The molecule has 2 aromatic rings. The molecule has 1 saturated heterocycles. The van der Waals surface area contributed by atoms with E-state index in [4.69, 9.17) is 4.74 Å². The molecule has 30 heavy (non-hydrogen) atoms. The van der Waals surface area contributed by atoms with E-state index in [1.807, 2.05) is 30.3 Å². The predicted molar refractivity (Wildman–Crippen MR) is 119 cm³/mol. The molecule has 3 aliphatic rings. The fourth-order valence-electron chi connectivity index (χ4n) is 4.91. The van der Waals surface area contributed by atoms with Crippen LogP contribution in [0.4, 0.5) is 0 Å². The lowest BCUT2D eigenvalue weighted by atomic mass is 9.82. The Morgan fingerprint density at radius 1 is 1.00 bits per heavy atom. The molecular weight excluding hydrogens is 372 g/mol. The van der Waals surface area contributed by atoms with E-state index >= 15 is 0 Å². The zero-order valence-electron chi connectivity index (χ0n) is 18.0. The predicted octanol–water partition coefficient (Wildman–Crippen LogP) is 4.54. The first-order chi connectivity index (χ1) is 14.4. The Labute approximate surface area is 178 Å². The highest BCUT2D eigenvalue weighted by Crippen LogP contribution is 2.42. The summed E-state index contributed by atoms with van der Waals surface area (Å²) in [5, 5.41) is 6.84. The maximum Gasteiger partial charge on any atom is 0.284 e. The number of carbonyl (C=O) groups excluding carboxylic acids is 1. The van der Waals surface area contributed by atoms with Crippen molar-refractivity contribution in [3.05, 3.63) is 71.3 Å². The molecule has 5 rings (SSSR count). The van der Waals surface area contributed by atoms with E-state index in [0.717, 1.165) is 35.3 Å². The Bertz CT molecular complexity index is 1010. The molecule has 2 N–H and O–H groups in total. The Hall–Kier alpha value is -2.59. The third-order valence-corrected chi connectivity index (χ3v) is 6.66. The van der Waals surface area contributed by atoms with Gasteiger partial charge in [-0.25, -0.2) is 0 Å². The summed E-state index contributed by atoms with van der Waals surface area (Å²) in [5.41, 5.74) is 3.28. The van der Waals surface area contributed by atoms with Crippen LogP contribution in [0.3, 0.4) is 0 Å². The molecule has 2 heterocycles. The van der Waals surface area contributed by atoms with Gasteiger partial charge in [0.1, 0.15) is 5.75 Å². The highest BCUT2D eigenvalue weighted by Gasteiger charge is 2.50. The number of hydrogen-bond donors (Lipinski definition) is 2. The van der Waals surface area contributed by atoms with E-state index in [2.05, 4.69) is 55.7 Å². The van der Waals surface area contributed by atoms with Gasteiger partial charge in [0.25, 0.3) is 11.6 Å². The summed E-state index contributed by atoms with van der Waals surface area (Å²) in [6, 6.07) is 17.1. The van der Waals surface area contributed by atoms with Crippen LogP contribution in [0.1, 0.15) is 63.1 Å². The minimum atomic E-state index is -1.17. The number of piperazine rings is 1. The van der Waals surface area contributed by atoms with Crippen LogP contribution in [0.25, 0.3) is 5.57 Å². The van der Waals surface area contributed by atoms with Gasteiger partial charge in [-0.3, -0.25) is 10.1 Å². The SMILES string of the molecule is CC(C)(C)c1ccc2c(c1)C(c1ccccc1)=CC1(NC3CCCCC3NC1=O)O2. The molecule has 156 valence electrons. The highest BCUT2D eigenvalue weighted by molar-refractivity contribution is 5.95. The van der Waals surface area contributed by atoms with Crippen LogP contribution < -0.4 is 15.4 Å². The van der Waals surface area contributed by atoms with Crippen LogP contribution in [-0.2, 0) is 10.2 Å². The zero-order chi connectivity index (χ0) is 20.9. The van der Waals surface area contributed by atoms with Gasteiger partial charge < -0.3 is 10.1 Å². The molecule has 1 aliphatic carbocycles. The quantitative estimate of drug-likeness (QED) is 0.737. The van der Waals surface area contributed by atoms with Crippen molar-refractivity contribution in [1.29, 1.82) is 0 Å². The number of carbonyl (C=O) groups is 1. The molecule has 4 nitrogen and oxygen atoms in total. The van der Waals surface area contributed by atoms with Crippen LogP contribution in [0.5, 0.6) is 5.75 Å². The summed E-state index contributed by atoms with van der Waals surface area (Å²) in [7, 11) is 0. The van der Waals surface area contributed by atoms with Gasteiger partial charge in [-0.2, -0.15) is 0 Å². The average molecular weight is 403 g/mol. The zero-order valence-corrected chi connectivity index (χ0v) is 18.0. The molecule has 2 aromatic carbocycles. The number of nitrogens with one attached hydrogen (secondary N) is 2. The van der Waals surface area contributed by atoms with Gasteiger partial charge in [-0.05, 0) is 53.2 Å². The summed E-state index contributed by atoms with van der Waals surface area (Å²) < 4.78 is 6.44. The van der Waals surface area contributed by atoms with Gasteiger partial charge in [0.2, 0.25) is 0 Å². The third-order valence-electron chi connectivity index (χ3n) is 6.66. The maximum atomic E-state index is 13.3. The van der Waals surface area contributed by atoms with Crippen LogP contribution >= 0.6 is 0 Å². The minimum absolute atomic E-state index is 0.0295. The van der Waals surface area contributed by atoms with Crippen molar-refractivity contribution >= 4 is 11.5 Å². The van der Waals surface area contributed by atoms with E-state index in [0.29, 0.717) is 0 Å². The van der Waals surface area contributed by atoms with Crippen LogP contribution in [0, 0.1) is 0 Å². The van der Waals surface area contributed by atoms with Crippen molar-refractivity contribution in [3.8, 4) is 5.75 Å². The first kappa shape index (κ1) is 19.4.